The van der Waals surface area contributed by atoms with Crippen LogP contribution in [0.2, 0.25) is 0 Å². The lowest BCUT2D eigenvalue weighted by molar-refractivity contribution is -0.126. The molecule has 0 saturated carbocycles. The van der Waals surface area contributed by atoms with Crippen molar-refractivity contribution in [2.24, 2.45) is 11.5 Å². The van der Waals surface area contributed by atoms with Crippen molar-refractivity contribution in [1.29, 1.82) is 0 Å². The van der Waals surface area contributed by atoms with Crippen molar-refractivity contribution in [2.75, 3.05) is 11.5 Å². The Morgan fingerprint density at radius 1 is 1.29 bits per heavy atom. The summed E-state index contributed by atoms with van der Waals surface area (Å²) in [6, 6.07) is -1.16. The van der Waals surface area contributed by atoms with Crippen molar-refractivity contribution in [3.05, 3.63) is 0 Å². The molecule has 0 aromatic heterocycles. The van der Waals surface area contributed by atoms with Crippen LogP contribution in [0.5, 0.6) is 0 Å². The predicted molar refractivity (Wildman–Crippen MR) is 61.6 cm³/mol. The first kappa shape index (κ1) is 13.9. The van der Waals surface area contributed by atoms with Crippen LogP contribution in [0.15, 0.2) is 0 Å². The molecule has 1 aliphatic rings. The number of hydrogen-bond donors (Lipinski definition) is 3. The third-order valence-electron chi connectivity index (χ3n) is 2.66. The summed E-state index contributed by atoms with van der Waals surface area (Å²) >= 11 is 0. The van der Waals surface area contributed by atoms with Crippen molar-refractivity contribution in [1.82, 2.24) is 5.32 Å². The SMILES string of the molecule is NC(=O)CC(N)C(=O)NC1CCS(=O)(=O)CC1. The van der Waals surface area contributed by atoms with Gasteiger partial charge in [0.2, 0.25) is 11.8 Å². The summed E-state index contributed by atoms with van der Waals surface area (Å²) in [6.07, 6.45) is 0.561. The molecule has 7 nitrogen and oxygen atoms in total. The number of hydrogen-bond acceptors (Lipinski definition) is 5. The second kappa shape index (κ2) is 5.46. The van der Waals surface area contributed by atoms with Gasteiger partial charge in [-0.3, -0.25) is 9.59 Å². The summed E-state index contributed by atoms with van der Waals surface area (Å²) in [7, 11) is -2.95. The summed E-state index contributed by atoms with van der Waals surface area (Å²) in [6.45, 7) is 0. The van der Waals surface area contributed by atoms with Crippen molar-refractivity contribution in [3.8, 4) is 0 Å². The first-order chi connectivity index (χ1) is 7.80. The molecule has 0 aromatic carbocycles. The van der Waals surface area contributed by atoms with Crippen molar-refractivity contribution < 1.29 is 18.0 Å². The minimum Gasteiger partial charge on any atom is -0.370 e. The summed E-state index contributed by atoms with van der Waals surface area (Å²) in [5.74, 6) is -0.960. The van der Waals surface area contributed by atoms with Gasteiger partial charge in [-0.05, 0) is 12.8 Å². The minimum absolute atomic E-state index is 0.0724. The fourth-order valence-corrected chi connectivity index (χ4v) is 3.14. The maximum absolute atomic E-state index is 11.5. The molecule has 1 rings (SSSR count). The van der Waals surface area contributed by atoms with Crippen LogP contribution in [0.4, 0.5) is 0 Å². The fourth-order valence-electron chi connectivity index (χ4n) is 1.65. The van der Waals surface area contributed by atoms with E-state index in [4.69, 9.17) is 11.5 Å². The second-order valence-electron chi connectivity index (χ2n) is 4.21. The summed E-state index contributed by atoms with van der Waals surface area (Å²) in [5, 5.41) is 2.63. The lowest BCUT2D eigenvalue weighted by Crippen LogP contribution is -2.49. The summed E-state index contributed by atoms with van der Waals surface area (Å²) < 4.78 is 22.3. The van der Waals surface area contributed by atoms with Crippen LogP contribution in [0.1, 0.15) is 19.3 Å². The molecule has 0 aliphatic carbocycles. The quantitative estimate of drug-likeness (QED) is 0.533. The zero-order valence-corrected chi connectivity index (χ0v) is 10.2. The standard InChI is InChI=1S/C9H17N3O4S/c10-7(5-8(11)13)9(14)12-6-1-3-17(15,16)4-2-6/h6-7H,1-5,10H2,(H2,11,13)(H,12,14). The third-order valence-corrected chi connectivity index (χ3v) is 4.37. The van der Waals surface area contributed by atoms with Gasteiger partial charge in [0, 0.05) is 6.04 Å². The van der Waals surface area contributed by atoms with Crippen LogP contribution in [0, 0.1) is 0 Å². The Bertz CT molecular complexity index is 392. The number of primary amides is 1. The van der Waals surface area contributed by atoms with E-state index in [1.165, 1.54) is 0 Å². The lowest BCUT2D eigenvalue weighted by Gasteiger charge is -2.24. The van der Waals surface area contributed by atoms with E-state index in [1.54, 1.807) is 0 Å². The van der Waals surface area contributed by atoms with E-state index in [0.29, 0.717) is 12.8 Å². The van der Waals surface area contributed by atoms with Gasteiger partial charge in [-0.15, -0.1) is 0 Å². The third kappa shape index (κ3) is 4.70. The monoisotopic (exact) mass is 263 g/mol. The maximum atomic E-state index is 11.5. The van der Waals surface area contributed by atoms with Gasteiger partial charge in [0.05, 0.1) is 24.0 Å². The number of sulfone groups is 1. The maximum Gasteiger partial charge on any atom is 0.237 e. The molecule has 0 radical (unpaired) electrons. The summed E-state index contributed by atoms with van der Waals surface area (Å²) in [5.41, 5.74) is 10.4. The predicted octanol–water partition coefficient (Wildman–Crippen LogP) is -2.12. The molecular weight excluding hydrogens is 246 g/mol. The van der Waals surface area contributed by atoms with E-state index in [-0.39, 0.29) is 24.0 Å². The Morgan fingerprint density at radius 3 is 2.29 bits per heavy atom. The zero-order chi connectivity index (χ0) is 13.1. The number of carbonyl (C=O) groups is 2. The van der Waals surface area contributed by atoms with E-state index < -0.39 is 27.7 Å². The highest BCUT2D eigenvalue weighted by Crippen LogP contribution is 2.12. The van der Waals surface area contributed by atoms with Crippen LogP contribution in [-0.4, -0.2) is 43.8 Å². The first-order valence-electron chi connectivity index (χ1n) is 5.35. The zero-order valence-electron chi connectivity index (χ0n) is 9.39. The number of nitrogens with one attached hydrogen (secondary N) is 1. The van der Waals surface area contributed by atoms with Gasteiger partial charge in [0.25, 0.3) is 0 Å². The number of rotatable bonds is 4. The molecular formula is C9H17N3O4S. The Morgan fingerprint density at radius 2 is 1.82 bits per heavy atom. The molecule has 1 atom stereocenters. The van der Waals surface area contributed by atoms with Gasteiger partial charge in [-0.2, -0.15) is 0 Å². The van der Waals surface area contributed by atoms with Crippen LogP contribution in [0.25, 0.3) is 0 Å². The molecule has 1 fully saturated rings. The van der Waals surface area contributed by atoms with Crippen LogP contribution < -0.4 is 16.8 Å². The Kier molecular flexibility index (Phi) is 4.47. The number of carbonyl (C=O) groups excluding carboxylic acids is 2. The Hall–Kier alpha value is -1.15. The van der Waals surface area contributed by atoms with Crippen molar-refractivity contribution in [2.45, 2.75) is 31.3 Å². The average molecular weight is 263 g/mol. The van der Waals surface area contributed by atoms with Crippen LogP contribution in [-0.2, 0) is 19.4 Å². The van der Waals surface area contributed by atoms with E-state index in [2.05, 4.69) is 5.32 Å². The molecule has 0 bridgehead atoms. The van der Waals surface area contributed by atoms with E-state index in [9.17, 15) is 18.0 Å². The molecule has 0 spiro atoms. The highest BCUT2D eigenvalue weighted by molar-refractivity contribution is 7.91. The van der Waals surface area contributed by atoms with Gasteiger partial charge in [-0.25, -0.2) is 8.42 Å². The van der Waals surface area contributed by atoms with Crippen molar-refractivity contribution >= 4 is 21.7 Å². The highest BCUT2D eigenvalue weighted by atomic mass is 32.2. The minimum atomic E-state index is -2.95. The van der Waals surface area contributed by atoms with E-state index >= 15 is 0 Å². The molecule has 1 saturated heterocycles. The van der Waals surface area contributed by atoms with Crippen LogP contribution in [0.3, 0.4) is 0 Å². The highest BCUT2D eigenvalue weighted by Gasteiger charge is 2.26. The normalized spacial score (nSPS) is 21.7. The Balaban J connectivity index is 2.40. The fraction of sp³-hybridized carbons (Fsp3) is 0.778. The number of amides is 2. The second-order valence-corrected chi connectivity index (χ2v) is 6.52. The molecule has 98 valence electrons. The first-order valence-corrected chi connectivity index (χ1v) is 7.17. The molecule has 2 amide bonds. The van der Waals surface area contributed by atoms with Gasteiger partial charge in [0.15, 0.2) is 0 Å². The molecule has 1 aliphatic heterocycles. The van der Waals surface area contributed by atoms with Gasteiger partial charge in [-0.1, -0.05) is 0 Å². The largest absolute Gasteiger partial charge is 0.370 e. The molecule has 8 heteroatoms. The van der Waals surface area contributed by atoms with Gasteiger partial charge >= 0.3 is 0 Å². The van der Waals surface area contributed by atoms with Gasteiger partial charge < -0.3 is 16.8 Å². The molecule has 5 N–H and O–H groups in total. The van der Waals surface area contributed by atoms with E-state index in [1.807, 2.05) is 0 Å². The van der Waals surface area contributed by atoms with Gasteiger partial charge in [0.1, 0.15) is 9.84 Å². The van der Waals surface area contributed by atoms with E-state index in [0.717, 1.165) is 0 Å². The lowest BCUT2D eigenvalue weighted by atomic mass is 10.1. The van der Waals surface area contributed by atoms with Crippen LogP contribution >= 0.6 is 0 Å². The number of nitrogens with two attached hydrogens (primary N) is 2. The topological polar surface area (TPSA) is 132 Å². The van der Waals surface area contributed by atoms with Crippen molar-refractivity contribution in [3.63, 3.8) is 0 Å². The smallest absolute Gasteiger partial charge is 0.237 e. The molecule has 0 aromatic rings. The molecule has 1 unspecified atom stereocenters. The Labute approximate surface area is 99.8 Å². The molecule has 17 heavy (non-hydrogen) atoms. The summed E-state index contributed by atoms with van der Waals surface area (Å²) in [4.78, 5) is 22.1. The molecule has 1 heterocycles. The average Bonchev–Trinajstić information content (AvgIpc) is 2.20.